The van der Waals surface area contributed by atoms with Crippen LogP contribution in [0.2, 0.25) is 0 Å². The quantitative estimate of drug-likeness (QED) is 0.641. The summed E-state index contributed by atoms with van der Waals surface area (Å²) in [6, 6.07) is 16.2. The first-order valence-corrected chi connectivity index (χ1v) is 9.75. The van der Waals surface area contributed by atoms with Crippen LogP contribution in [0, 0.1) is 5.41 Å². The Kier molecular flexibility index (Phi) is 4.99. The number of ketones is 1. The standard InChI is InChI=1S/C23H26N2O2/c1-2-27-20-7-4-17(5-8-20)15-23(11-3-12-24-16-23)22(26)19-6-9-21-18(14-19)10-13-25-21/h4-10,13-14,24-25H,2-3,11-12,15-16H2,1H3. The van der Waals surface area contributed by atoms with Gasteiger partial charge in [-0.1, -0.05) is 12.1 Å². The predicted octanol–water partition coefficient (Wildman–Crippen LogP) is 4.36. The highest BCUT2D eigenvalue weighted by molar-refractivity contribution is 6.03. The van der Waals surface area contributed by atoms with E-state index in [1.165, 1.54) is 5.56 Å². The normalized spacial score (nSPS) is 19.9. The van der Waals surface area contributed by atoms with Crippen LogP contribution in [-0.4, -0.2) is 30.5 Å². The number of hydrogen-bond donors (Lipinski definition) is 2. The van der Waals surface area contributed by atoms with Crippen molar-refractivity contribution in [3.8, 4) is 5.75 Å². The number of carbonyl (C=O) groups excluding carboxylic acids is 1. The molecule has 4 heteroatoms. The maximum Gasteiger partial charge on any atom is 0.170 e. The zero-order valence-electron chi connectivity index (χ0n) is 15.8. The summed E-state index contributed by atoms with van der Waals surface area (Å²) in [5, 5.41) is 4.54. The molecule has 2 aromatic carbocycles. The fraction of sp³-hybridized carbons (Fsp3) is 0.348. The Bertz CT molecular complexity index is 921. The molecule has 4 rings (SSSR count). The third-order valence-electron chi connectivity index (χ3n) is 5.55. The molecule has 0 bridgehead atoms. The van der Waals surface area contributed by atoms with Crippen molar-refractivity contribution < 1.29 is 9.53 Å². The lowest BCUT2D eigenvalue weighted by atomic mass is 9.70. The van der Waals surface area contributed by atoms with Crippen LogP contribution in [-0.2, 0) is 6.42 Å². The molecule has 2 N–H and O–H groups in total. The smallest absolute Gasteiger partial charge is 0.170 e. The molecule has 3 aromatic rings. The Labute approximate surface area is 159 Å². The number of Topliss-reactive ketones (excluding diaryl/α,β-unsaturated/α-hetero) is 1. The molecule has 1 aliphatic heterocycles. The fourth-order valence-electron chi connectivity index (χ4n) is 4.15. The van der Waals surface area contributed by atoms with Gasteiger partial charge in [0.1, 0.15) is 5.75 Å². The third kappa shape index (κ3) is 3.62. The Morgan fingerprint density at radius 2 is 2.00 bits per heavy atom. The Morgan fingerprint density at radius 1 is 1.15 bits per heavy atom. The molecule has 0 aliphatic carbocycles. The van der Waals surface area contributed by atoms with Crippen LogP contribution in [0.3, 0.4) is 0 Å². The van der Waals surface area contributed by atoms with Crippen molar-refractivity contribution in [1.29, 1.82) is 0 Å². The molecule has 1 atom stereocenters. The molecule has 1 unspecified atom stereocenters. The number of hydrogen-bond acceptors (Lipinski definition) is 3. The van der Waals surface area contributed by atoms with E-state index in [0.29, 0.717) is 6.61 Å². The molecule has 0 radical (unpaired) electrons. The molecular formula is C23H26N2O2. The minimum absolute atomic E-state index is 0.242. The van der Waals surface area contributed by atoms with Gasteiger partial charge in [-0.15, -0.1) is 0 Å². The number of aromatic amines is 1. The lowest BCUT2D eigenvalue weighted by Crippen LogP contribution is -2.47. The maximum atomic E-state index is 13.6. The number of piperidine rings is 1. The molecule has 27 heavy (non-hydrogen) atoms. The number of benzene rings is 2. The second-order valence-corrected chi connectivity index (χ2v) is 7.42. The maximum absolute atomic E-state index is 13.6. The number of aromatic nitrogens is 1. The van der Waals surface area contributed by atoms with Gasteiger partial charge >= 0.3 is 0 Å². The number of fused-ring (bicyclic) bond motifs is 1. The van der Waals surface area contributed by atoms with Crippen LogP contribution >= 0.6 is 0 Å². The zero-order chi connectivity index (χ0) is 18.7. The van der Waals surface area contributed by atoms with Crippen molar-refractivity contribution in [2.75, 3.05) is 19.7 Å². The van der Waals surface area contributed by atoms with Crippen LogP contribution < -0.4 is 10.1 Å². The number of carbonyl (C=O) groups is 1. The number of nitrogens with one attached hydrogen (secondary N) is 2. The van der Waals surface area contributed by atoms with E-state index in [1.807, 2.05) is 49.5 Å². The molecule has 1 fully saturated rings. The molecular weight excluding hydrogens is 336 g/mol. The van der Waals surface area contributed by atoms with Gasteiger partial charge in [0.15, 0.2) is 5.78 Å². The van der Waals surface area contributed by atoms with E-state index in [0.717, 1.165) is 54.6 Å². The monoisotopic (exact) mass is 362 g/mol. The third-order valence-corrected chi connectivity index (χ3v) is 5.55. The van der Waals surface area contributed by atoms with Gasteiger partial charge in [0, 0.05) is 29.2 Å². The summed E-state index contributed by atoms with van der Waals surface area (Å²) in [6.45, 7) is 4.35. The molecule has 1 aliphatic rings. The van der Waals surface area contributed by atoms with Gasteiger partial charge in [-0.25, -0.2) is 0 Å². The molecule has 0 saturated carbocycles. The average Bonchev–Trinajstić information content (AvgIpc) is 3.18. The number of rotatable bonds is 6. The van der Waals surface area contributed by atoms with E-state index in [9.17, 15) is 4.79 Å². The van der Waals surface area contributed by atoms with Gasteiger partial charge in [-0.2, -0.15) is 0 Å². The van der Waals surface area contributed by atoms with E-state index < -0.39 is 5.41 Å². The molecule has 1 saturated heterocycles. The first-order valence-electron chi connectivity index (χ1n) is 9.75. The van der Waals surface area contributed by atoms with Crippen LogP contribution in [0.25, 0.3) is 10.9 Å². The minimum Gasteiger partial charge on any atom is -0.494 e. The lowest BCUT2D eigenvalue weighted by Gasteiger charge is -2.36. The lowest BCUT2D eigenvalue weighted by molar-refractivity contribution is 0.0738. The van der Waals surface area contributed by atoms with E-state index >= 15 is 0 Å². The summed E-state index contributed by atoms with van der Waals surface area (Å²) in [4.78, 5) is 16.8. The Hall–Kier alpha value is -2.59. The molecule has 0 amide bonds. The van der Waals surface area contributed by atoms with Gasteiger partial charge in [-0.3, -0.25) is 4.79 Å². The Morgan fingerprint density at radius 3 is 2.74 bits per heavy atom. The SMILES string of the molecule is CCOc1ccc(CC2(C(=O)c3ccc4[nH]ccc4c3)CCCNC2)cc1. The summed E-state index contributed by atoms with van der Waals surface area (Å²) in [5.74, 6) is 1.12. The van der Waals surface area contributed by atoms with Crippen molar-refractivity contribution in [3.63, 3.8) is 0 Å². The van der Waals surface area contributed by atoms with Crippen LogP contribution in [0.5, 0.6) is 5.75 Å². The minimum atomic E-state index is -0.393. The van der Waals surface area contributed by atoms with Crippen molar-refractivity contribution in [3.05, 3.63) is 65.9 Å². The summed E-state index contributed by atoms with van der Waals surface area (Å²) < 4.78 is 5.54. The van der Waals surface area contributed by atoms with E-state index in [-0.39, 0.29) is 5.78 Å². The second kappa shape index (κ2) is 7.57. The van der Waals surface area contributed by atoms with Crippen molar-refractivity contribution in [1.82, 2.24) is 10.3 Å². The van der Waals surface area contributed by atoms with Crippen LogP contribution in [0.1, 0.15) is 35.7 Å². The van der Waals surface area contributed by atoms with Crippen molar-refractivity contribution in [2.24, 2.45) is 5.41 Å². The van der Waals surface area contributed by atoms with E-state index in [4.69, 9.17) is 4.74 Å². The average molecular weight is 362 g/mol. The summed E-state index contributed by atoms with van der Waals surface area (Å²) in [6.07, 6.45) is 4.60. The number of ether oxygens (including phenoxy) is 1. The van der Waals surface area contributed by atoms with Crippen molar-refractivity contribution in [2.45, 2.75) is 26.2 Å². The van der Waals surface area contributed by atoms with Crippen LogP contribution in [0.4, 0.5) is 0 Å². The first-order chi connectivity index (χ1) is 13.2. The highest BCUT2D eigenvalue weighted by atomic mass is 16.5. The molecule has 2 heterocycles. The molecule has 0 spiro atoms. The number of H-pyrrole nitrogens is 1. The largest absolute Gasteiger partial charge is 0.494 e. The fourth-order valence-corrected chi connectivity index (χ4v) is 4.15. The predicted molar refractivity (Wildman–Crippen MR) is 108 cm³/mol. The van der Waals surface area contributed by atoms with Gasteiger partial charge < -0.3 is 15.0 Å². The highest BCUT2D eigenvalue weighted by Crippen LogP contribution is 2.35. The van der Waals surface area contributed by atoms with Gasteiger partial charge in [0.25, 0.3) is 0 Å². The van der Waals surface area contributed by atoms with Gasteiger partial charge in [0.05, 0.1) is 12.0 Å². The Balaban J connectivity index is 1.63. The van der Waals surface area contributed by atoms with E-state index in [2.05, 4.69) is 22.4 Å². The zero-order valence-corrected chi connectivity index (χ0v) is 15.8. The molecule has 4 nitrogen and oxygen atoms in total. The molecule has 1 aromatic heterocycles. The topological polar surface area (TPSA) is 54.1 Å². The summed E-state index contributed by atoms with van der Waals surface area (Å²) in [5.41, 5.74) is 2.65. The van der Waals surface area contributed by atoms with Crippen LogP contribution in [0.15, 0.2) is 54.7 Å². The molecule has 140 valence electrons. The summed E-state index contributed by atoms with van der Waals surface area (Å²) >= 11 is 0. The van der Waals surface area contributed by atoms with Gasteiger partial charge in [-0.05, 0) is 74.7 Å². The van der Waals surface area contributed by atoms with E-state index in [1.54, 1.807) is 0 Å². The van der Waals surface area contributed by atoms with Gasteiger partial charge in [0.2, 0.25) is 0 Å². The first kappa shape index (κ1) is 17.8. The summed E-state index contributed by atoms with van der Waals surface area (Å²) in [7, 11) is 0. The van der Waals surface area contributed by atoms with Crippen molar-refractivity contribution >= 4 is 16.7 Å². The highest BCUT2D eigenvalue weighted by Gasteiger charge is 2.40. The second-order valence-electron chi connectivity index (χ2n) is 7.42.